The number of hydrogen-bond acceptors (Lipinski definition) is 2. The Labute approximate surface area is 149 Å². The average Bonchev–Trinajstić information content (AvgIpc) is 3.12. The second-order valence-corrected chi connectivity index (χ2v) is 6.60. The Morgan fingerprint density at radius 2 is 1.84 bits per heavy atom. The van der Waals surface area contributed by atoms with Crippen LogP contribution in [0.5, 0.6) is 0 Å². The van der Waals surface area contributed by atoms with Crippen LogP contribution in [0.2, 0.25) is 0 Å². The van der Waals surface area contributed by atoms with E-state index in [1.54, 1.807) is 10.9 Å². The molecule has 1 atom stereocenters. The molecule has 3 aromatic rings. The van der Waals surface area contributed by atoms with Gasteiger partial charge in [0.2, 0.25) is 5.91 Å². The lowest BCUT2D eigenvalue weighted by Gasteiger charge is -2.14. The predicted molar refractivity (Wildman–Crippen MR) is 101 cm³/mol. The third kappa shape index (κ3) is 3.87. The van der Waals surface area contributed by atoms with Crippen LogP contribution in [0.25, 0.3) is 0 Å². The van der Waals surface area contributed by atoms with Crippen LogP contribution in [0.4, 0.5) is 0 Å². The number of rotatable bonds is 5. The van der Waals surface area contributed by atoms with E-state index < -0.39 is 0 Å². The topological polar surface area (TPSA) is 34.9 Å². The average molecular weight is 332 g/mol. The van der Waals surface area contributed by atoms with E-state index in [1.807, 2.05) is 24.4 Å². The molecule has 0 N–H and O–H groups in total. The first kappa shape index (κ1) is 17.2. The van der Waals surface area contributed by atoms with Crippen molar-refractivity contribution in [2.45, 2.75) is 39.5 Å². The lowest BCUT2D eigenvalue weighted by Crippen LogP contribution is -2.09. The largest absolute Gasteiger partial charge is 0.276 e. The number of aromatic nitrogens is 2. The van der Waals surface area contributed by atoms with E-state index in [0.717, 1.165) is 12.1 Å². The Kier molecular flexibility index (Phi) is 5.13. The normalized spacial score (nSPS) is 12.1. The Morgan fingerprint density at radius 1 is 1.08 bits per heavy atom. The third-order valence-corrected chi connectivity index (χ3v) is 4.92. The molecular weight excluding hydrogens is 308 g/mol. The zero-order valence-corrected chi connectivity index (χ0v) is 15.1. The highest BCUT2D eigenvalue weighted by molar-refractivity contribution is 5.79. The fraction of sp³-hybridized carbons (Fsp3) is 0.273. The minimum Gasteiger partial charge on any atom is -0.276 e. The van der Waals surface area contributed by atoms with Crippen molar-refractivity contribution in [1.29, 1.82) is 0 Å². The van der Waals surface area contributed by atoms with Crippen LogP contribution in [-0.4, -0.2) is 15.5 Å². The highest BCUT2D eigenvalue weighted by atomic mass is 16.2. The van der Waals surface area contributed by atoms with Crippen LogP contribution in [0, 0.1) is 13.8 Å². The van der Waals surface area contributed by atoms with Crippen LogP contribution in [-0.2, 0) is 6.42 Å². The van der Waals surface area contributed by atoms with Crippen molar-refractivity contribution in [2.24, 2.45) is 0 Å². The Hall–Kier alpha value is -2.68. The molecule has 0 spiro atoms. The van der Waals surface area contributed by atoms with Gasteiger partial charge in [0, 0.05) is 18.5 Å². The third-order valence-electron chi connectivity index (χ3n) is 4.92. The van der Waals surface area contributed by atoms with Crippen molar-refractivity contribution in [3.8, 4) is 0 Å². The number of carbonyl (C=O) groups is 1. The minimum atomic E-state index is 0.0794. The molecule has 3 heteroatoms. The summed E-state index contributed by atoms with van der Waals surface area (Å²) >= 11 is 0. The molecule has 0 radical (unpaired) electrons. The SMILES string of the molecule is Cc1cccc([C@H](C)c2cn(C(=O)CCc3ccccc3)cn2)c1C. The fourth-order valence-corrected chi connectivity index (χ4v) is 3.13. The molecule has 0 saturated carbocycles. The number of aryl methyl sites for hydroxylation is 2. The number of imidazole rings is 1. The molecular formula is C22H24N2O. The van der Waals surface area contributed by atoms with Gasteiger partial charge in [-0.1, -0.05) is 55.5 Å². The molecule has 0 fully saturated rings. The molecule has 1 heterocycles. The number of hydrogen-bond donors (Lipinski definition) is 0. The summed E-state index contributed by atoms with van der Waals surface area (Å²) in [5.41, 5.74) is 5.95. The van der Waals surface area contributed by atoms with Crippen molar-refractivity contribution >= 4 is 5.91 Å². The van der Waals surface area contributed by atoms with Gasteiger partial charge < -0.3 is 0 Å². The smallest absolute Gasteiger partial charge is 0.232 e. The maximum absolute atomic E-state index is 12.4. The van der Waals surface area contributed by atoms with E-state index in [0.29, 0.717) is 6.42 Å². The summed E-state index contributed by atoms with van der Waals surface area (Å²) < 4.78 is 1.62. The summed E-state index contributed by atoms with van der Waals surface area (Å²) in [6.45, 7) is 6.41. The molecule has 3 nitrogen and oxygen atoms in total. The van der Waals surface area contributed by atoms with E-state index in [1.165, 1.54) is 22.3 Å². The number of nitrogens with zero attached hydrogens (tertiary/aromatic N) is 2. The molecule has 25 heavy (non-hydrogen) atoms. The molecule has 0 aliphatic rings. The highest BCUT2D eigenvalue weighted by Gasteiger charge is 2.16. The van der Waals surface area contributed by atoms with Crippen LogP contribution in [0.3, 0.4) is 0 Å². The summed E-state index contributed by atoms with van der Waals surface area (Å²) in [7, 11) is 0. The molecule has 2 aromatic carbocycles. The van der Waals surface area contributed by atoms with Gasteiger partial charge in [0.15, 0.2) is 0 Å². The van der Waals surface area contributed by atoms with Crippen LogP contribution in [0.15, 0.2) is 61.1 Å². The van der Waals surface area contributed by atoms with E-state index in [4.69, 9.17) is 0 Å². The van der Waals surface area contributed by atoms with Crippen LogP contribution in [0.1, 0.15) is 52.0 Å². The molecule has 0 saturated heterocycles. The monoisotopic (exact) mass is 332 g/mol. The van der Waals surface area contributed by atoms with Gasteiger partial charge in [0.05, 0.1) is 5.69 Å². The zero-order chi connectivity index (χ0) is 17.8. The van der Waals surface area contributed by atoms with Crippen molar-refractivity contribution in [1.82, 2.24) is 9.55 Å². The summed E-state index contributed by atoms with van der Waals surface area (Å²) in [5.74, 6) is 0.249. The molecule has 0 amide bonds. The maximum Gasteiger partial charge on any atom is 0.232 e. The lowest BCUT2D eigenvalue weighted by atomic mass is 9.92. The maximum atomic E-state index is 12.4. The second-order valence-electron chi connectivity index (χ2n) is 6.60. The molecule has 0 bridgehead atoms. The van der Waals surface area contributed by atoms with Crippen LogP contribution < -0.4 is 0 Å². The highest BCUT2D eigenvalue weighted by Crippen LogP contribution is 2.27. The van der Waals surface area contributed by atoms with Crippen LogP contribution >= 0.6 is 0 Å². The lowest BCUT2D eigenvalue weighted by molar-refractivity contribution is 0.0902. The van der Waals surface area contributed by atoms with E-state index in [9.17, 15) is 4.79 Å². The van der Waals surface area contributed by atoms with Gasteiger partial charge in [-0.2, -0.15) is 0 Å². The van der Waals surface area contributed by atoms with Gasteiger partial charge in [0.1, 0.15) is 6.33 Å². The minimum absolute atomic E-state index is 0.0794. The first-order chi connectivity index (χ1) is 12.1. The van der Waals surface area contributed by atoms with Gasteiger partial charge >= 0.3 is 0 Å². The van der Waals surface area contributed by atoms with E-state index >= 15 is 0 Å². The Bertz CT molecular complexity index is 865. The summed E-state index contributed by atoms with van der Waals surface area (Å²) in [6.07, 6.45) is 4.75. The molecule has 128 valence electrons. The van der Waals surface area contributed by atoms with Crippen molar-refractivity contribution < 1.29 is 4.79 Å². The van der Waals surface area contributed by atoms with E-state index in [-0.39, 0.29) is 11.8 Å². The second kappa shape index (κ2) is 7.47. The van der Waals surface area contributed by atoms with E-state index in [2.05, 4.69) is 56.1 Å². The summed E-state index contributed by atoms with van der Waals surface area (Å²) in [4.78, 5) is 16.9. The van der Waals surface area contributed by atoms with Gasteiger partial charge in [-0.15, -0.1) is 0 Å². The first-order valence-corrected chi connectivity index (χ1v) is 8.73. The van der Waals surface area contributed by atoms with Crippen molar-refractivity contribution in [2.75, 3.05) is 0 Å². The fourth-order valence-electron chi connectivity index (χ4n) is 3.13. The number of carbonyl (C=O) groups excluding carboxylic acids is 1. The standard InChI is InChI=1S/C22H24N2O/c1-16-8-7-11-20(17(16)2)18(3)21-14-24(15-23-21)22(25)13-12-19-9-5-4-6-10-19/h4-11,14-15,18H,12-13H2,1-3H3/t18-/m0/s1. The molecule has 0 aliphatic heterocycles. The molecule has 1 aromatic heterocycles. The van der Waals surface area contributed by atoms with Gasteiger partial charge in [-0.3, -0.25) is 9.36 Å². The van der Waals surface area contributed by atoms with Crippen molar-refractivity contribution in [3.05, 3.63) is 89.0 Å². The van der Waals surface area contributed by atoms with Gasteiger partial charge in [0.25, 0.3) is 0 Å². The zero-order valence-electron chi connectivity index (χ0n) is 15.1. The summed E-state index contributed by atoms with van der Waals surface area (Å²) in [5, 5.41) is 0. The quantitative estimate of drug-likeness (QED) is 0.664. The first-order valence-electron chi connectivity index (χ1n) is 8.73. The van der Waals surface area contributed by atoms with Gasteiger partial charge in [-0.25, -0.2) is 4.98 Å². The Morgan fingerprint density at radius 3 is 2.60 bits per heavy atom. The molecule has 3 rings (SSSR count). The van der Waals surface area contributed by atoms with Crippen molar-refractivity contribution in [3.63, 3.8) is 0 Å². The van der Waals surface area contributed by atoms with Gasteiger partial charge in [-0.05, 0) is 42.5 Å². The predicted octanol–water partition coefficient (Wildman–Crippen LogP) is 4.92. The molecule has 0 aliphatic carbocycles. The number of benzene rings is 2. The molecule has 0 unspecified atom stereocenters. The Balaban J connectivity index is 1.71. The summed E-state index contributed by atoms with van der Waals surface area (Å²) in [6, 6.07) is 16.4.